The van der Waals surface area contributed by atoms with Crippen molar-refractivity contribution in [2.45, 2.75) is 50.7 Å². The van der Waals surface area contributed by atoms with Gasteiger partial charge in [-0.15, -0.1) is 0 Å². The van der Waals surface area contributed by atoms with Gasteiger partial charge in [-0.05, 0) is 39.2 Å². The Bertz CT molecular complexity index is 518. The Morgan fingerprint density at radius 3 is 2.62 bits per heavy atom. The third-order valence-corrected chi connectivity index (χ3v) is 4.40. The van der Waals surface area contributed by atoms with E-state index in [2.05, 4.69) is 16.0 Å². The second-order valence-electron chi connectivity index (χ2n) is 6.18. The van der Waals surface area contributed by atoms with Crippen LogP contribution in [0, 0.1) is 0 Å². The first-order valence-corrected chi connectivity index (χ1v) is 8.24. The molecule has 134 valence electrons. The summed E-state index contributed by atoms with van der Waals surface area (Å²) >= 11 is 0. The van der Waals surface area contributed by atoms with Gasteiger partial charge in [0.1, 0.15) is 12.1 Å². The minimum absolute atomic E-state index is 0.230. The van der Waals surface area contributed by atoms with E-state index >= 15 is 0 Å². The maximum Gasteiger partial charge on any atom is 0.326 e. The maximum absolute atomic E-state index is 12.1. The van der Waals surface area contributed by atoms with Crippen LogP contribution in [-0.4, -0.2) is 71.5 Å². The van der Waals surface area contributed by atoms with E-state index in [0.717, 1.165) is 19.4 Å². The quantitative estimate of drug-likeness (QED) is 0.463. The number of likely N-dealkylation sites (tertiary alicyclic amines) is 1. The van der Waals surface area contributed by atoms with Gasteiger partial charge < -0.3 is 26.0 Å². The summed E-state index contributed by atoms with van der Waals surface area (Å²) in [6.07, 6.45) is 2.73. The molecule has 2 rings (SSSR count). The van der Waals surface area contributed by atoms with Crippen LogP contribution < -0.4 is 16.0 Å². The highest BCUT2D eigenvalue weighted by Crippen LogP contribution is 2.17. The summed E-state index contributed by atoms with van der Waals surface area (Å²) in [5.41, 5.74) is 0. The van der Waals surface area contributed by atoms with Gasteiger partial charge in [-0.2, -0.15) is 0 Å². The molecular weight excluding hydrogens is 316 g/mol. The Morgan fingerprint density at radius 1 is 1.25 bits per heavy atom. The average Bonchev–Trinajstić information content (AvgIpc) is 3.22. The lowest BCUT2D eigenvalue weighted by molar-refractivity contribution is -0.148. The Balaban J connectivity index is 1.76. The number of carbonyl (C=O) groups is 4. The van der Waals surface area contributed by atoms with Crippen molar-refractivity contribution >= 4 is 23.7 Å². The summed E-state index contributed by atoms with van der Waals surface area (Å²) < 4.78 is 0. The molecule has 0 spiro atoms. The fourth-order valence-corrected chi connectivity index (χ4v) is 3.03. The van der Waals surface area contributed by atoms with Crippen LogP contribution in [0.15, 0.2) is 0 Å². The molecule has 2 saturated heterocycles. The van der Waals surface area contributed by atoms with E-state index in [1.807, 2.05) is 0 Å². The highest BCUT2D eigenvalue weighted by Gasteiger charge is 2.34. The molecule has 2 heterocycles. The lowest BCUT2D eigenvalue weighted by Crippen LogP contribution is -2.52. The molecular formula is C15H24N4O5. The molecule has 0 saturated carbocycles. The Morgan fingerprint density at radius 2 is 2.00 bits per heavy atom. The number of hydrogen-bond donors (Lipinski definition) is 4. The number of nitrogens with zero attached hydrogens (tertiary/aromatic N) is 1. The highest BCUT2D eigenvalue weighted by molar-refractivity contribution is 5.92. The van der Waals surface area contributed by atoms with Crippen LogP contribution in [0.1, 0.15) is 32.6 Å². The summed E-state index contributed by atoms with van der Waals surface area (Å²) in [4.78, 5) is 48.3. The van der Waals surface area contributed by atoms with Crippen molar-refractivity contribution in [3.63, 3.8) is 0 Å². The minimum Gasteiger partial charge on any atom is -0.480 e. The number of hydrogen-bond acceptors (Lipinski definition) is 5. The van der Waals surface area contributed by atoms with Crippen LogP contribution in [0.4, 0.5) is 0 Å². The number of aliphatic carboxylic acids is 1. The van der Waals surface area contributed by atoms with E-state index < -0.39 is 29.9 Å². The number of rotatable bonds is 6. The monoisotopic (exact) mass is 340 g/mol. The fourth-order valence-electron chi connectivity index (χ4n) is 3.03. The van der Waals surface area contributed by atoms with E-state index in [9.17, 15) is 19.2 Å². The van der Waals surface area contributed by atoms with Crippen LogP contribution >= 0.6 is 0 Å². The maximum atomic E-state index is 12.1. The number of carbonyl (C=O) groups excluding carboxylic acids is 3. The van der Waals surface area contributed by atoms with Crippen LogP contribution in [0.25, 0.3) is 0 Å². The zero-order chi connectivity index (χ0) is 17.7. The lowest BCUT2D eigenvalue weighted by atomic mass is 10.2. The standard InChI is InChI=1S/C15H24N4O5/c1-9(18-14(22)10-4-2-6-16-10)13(21)17-8-12(20)19-7-3-5-11(19)15(23)24/h9-11,16H,2-8H2,1H3,(H,17,21)(H,18,22)(H,23,24). The first-order valence-electron chi connectivity index (χ1n) is 8.24. The van der Waals surface area contributed by atoms with Crippen molar-refractivity contribution in [3.8, 4) is 0 Å². The Kier molecular flexibility index (Phi) is 6.13. The molecule has 0 bridgehead atoms. The van der Waals surface area contributed by atoms with Crippen LogP contribution in [0.3, 0.4) is 0 Å². The highest BCUT2D eigenvalue weighted by atomic mass is 16.4. The largest absolute Gasteiger partial charge is 0.480 e. The van der Waals surface area contributed by atoms with Gasteiger partial charge in [-0.25, -0.2) is 4.79 Å². The van der Waals surface area contributed by atoms with Crippen molar-refractivity contribution in [2.75, 3.05) is 19.6 Å². The van der Waals surface area contributed by atoms with E-state index in [4.69, 9.17) is 5.11 Å². The summed E-state index contributed by atoms with van der Waals surface area (Å²) in [5.74, 6) is -2.16. The van der Waals surface area contributed by atoms with Gasteiger partial charge in [-0.1, -0.05) is 0 Å². The van der Waals surface area contributed by atoms with Crippen molar-refractivity contribution < 1.29 is 24.3 Å². The van der Waals surface area contributed by atoms with Crippen LogP contribution in [0.5, 0.6) is 0 Å². The summed E-state index contributed by atoms with van der Waals surface area (Å²) in [7, 11) is 0. The van der Waals surface area contributed by atoms with E-state index in [1.54, 1.807) is 6.92 Å². The molecule has 0 aromatic carbocycles. The summed E-state index contributed by atoms with van der Waals surface area (Å²) in [6, 6.07) is -1.86. The van der Waals surface area contributed by atoms with Gasteiger partial charge in [0.05, 0.1) is 12.6 Å². The molecule has 2 aliphatic rings. The minimum atomic E-state index is -1.03. The Hall–Kier alpha value is -2.16. The van der Waals surface area contributed by atoms with Crippen molar-refractivity contribution in [1.29, 1.82) is 0 Å². The molecule has 9 heteroatoms. The van der Waals surface area contributed by atoms with Crippen molar-refractivity contribution in [3.05, 3.63) is 0 Å². The predicted molar refractivity (Wildman–Crippen MR) is 84.0 cm³/mol. The molecule has 9 nitrogen and oxygen atoms in total. The zero-order valence-corrected chi connectivity index (χ0v) is 13.7. The lowest BCUT2D eigenvalue weighted by Gasteiger charge is -2.22. The smallest absolute Gasteiger partial charge is 0.326 e. The molecule has 3 atom stereocenters. The first-order chi connectivity index (χ1) is 11.4. The molecule has 3 amide bonds. The van der Waals surface area contributed by atoms with E-state index in [1.165, 1.54) is 4.90 Å². The second-order valence-corrected chi connectivity index (χ2v) is 6.18. The molecule has 0 aliphatic carbocycles. The molecule has 2 aliphatic heterocycles. The van der Waals surface area contributed by atoms with Gasteiger partial charge in [0.2, 0.25) is 17.7 Å². The number of nitrogens with one attached hydrogen (secondary N) is 3. The topological polar surface area (TPSA) is 128 Å². The molecule has 0 radical (unpaired) electrons. The molecule has 4 N–H and O–H groups in total. The first kappa shape index (κ1) is 18.2. The summed E-state index contributed by atoms with van der Waals surface area (Å²) in [5, 5.41) is 17.2. The van der Waals surface area contributed by atoms with E-state index in [-0.39, 0.29) is 18.5 Å². The molecule has 0 aromatic rings. The number of carboxylic acids is 1. The van der Waals surface area contributed by atoms with Gasteiger partial charge in [0.25, 0.3) is 0 Å². The molecule has 3 unspecified atom stereocenters. The van der Waals surface area contributed by atoms with Gasteiger partial charge >= 0.3 is 5.97 Å². The average molecular weight is 340 g/mol. The van der Waals surface area contributed by atoms with Gasteiger partial charge in [-0.3, -0.25) is 14.4 Å². The van der Waals surface area contributed by atoms with Crippen LogP contribution in [0.2, 0.25) is 0 Å². The Labute approximate surface area is 140 Å². The number of carboxylic acid groups (broad SMARTS) is 1. The molecule has 0 aromatic heterocycles. The van der Waals surface area contributed by atoms with Crippen molar-refractivity contribution in [2.24, 2.45) is 0 Å². The van der Waals surface area contributed by atoms with E-state index in [0.29, 0.717) is 19.4 Å². The van der Waals surface area contributed by atoms with Gasteiger partial charge in [0, 0.05) is 6.54 Å². The van der Waals surface area contributed by atoms with Crippen molar-refractivity contribution in [1.82, 2.24) is 20.9 Å². The zero-order valence-electron chi connectivity index (χ0n) is 13.7. The van der Waals surface area contributed by atoms with Gasteiger partial charge in [0.15, 0.2) is 0 Å². The number of amides is 3. The second kappa shape index (κ2) is 8.09. The third kappa shape index (κ3) is 4.44. The molecule has 2 fully saturated rings. The summed E-state index contributed by atoms with van der Waals surface area (Å²) in [6.45, 7) is 2.44. The SMILES string of the molecule is CC(NC(=O)C1CCCN1)C(=O)NCC(=O)N1CCCC1C(=O)O. The fraction of sp³-hybridized carbons (Fsp3) is 0.733. The predicted octanol–water partition coefficient (Wildman–Crippen LogP) is -1.57. The normalized spacial score (nSPS) is 24.5. The molecule has 24 heavy (non-hydrogen) atoms. The van der Waals surface area contributed by atoms with Crippen LogP contribution in [-0.2, 0) is 19.2 Å². The third-order valence-electron chi connectivity index (χ3n) is 4.40.